The van der Waals surface area contributed by atoms with Crippen LogP contribution in [0, 0.1) is 0 Å². The number of rotatable bonds is 7. The van der Waals surface area contributed by atoms with Crippen LogP contribution in [0.15, 0.2) is 28.9 Å². The molecule has 0 aliphatic heterocycles. The summed E-state index contributed by atoms with van der Waals surface area (Å²) < 4.78 is 7.49. The molecule has 0 aromatic carbocycles. The monoisotopic (exact) mass is 261 g/mol. The molecular weight excluding hydrogens is 238 g/mol. The molecule has 0 amide bonds. The number of nitrogens with zero attached hydrogens (tertiary/aromatic N) is 2. The number of hydrogen-bond acceptors (Lipinski definition) is 3. The summed E-state index contributed by atoms with van der Waals surface area (Å²) >= 11 is 0. The van der Waals surface area contributed by atoms with Gasteiger partial charge in [-0.1, -0.05) is 13.8 Å². The fourth-order valence-corrected chi connectivity index (χ4v) is 2.19. The van der Waals surface area contributed by atoms with E-state index in [9.17, 15) is 0 Å². The molecule has 0 spiro atoms. The van der Waals surface area contributed by atoms with Gasteiger partial charge < -0.3 is 9.73 Å². The summed E-state index contributed by atoms with van der Waals surface area (Å²) in [6, 6.07) is 6.36. The van der Waals surface area contributed by atoms with Crippen molar-refractivity contribution in [3.8, 4) is 0 Å². The molecule has 0 aliphatic carbocycles. The summed E-state index contributed by atoms with van der Waals surface area (Å²) in [6.45, 7) is 8.21. The maximum Gasteiger partial charge on any atom is 0.120 e. The lowest BCUT2D eigenvalue weighted by Gasteiger charge is -2.12. The Morgan fingerprint density at radius 3 is 2.84 bits per heavy atom. The van der Waals surface area contributed by atoms with Crippen molar-refractivity contribution >= 4 is 0 Å². The van der Waals surface area contributed by atoms with E-state index in [1.54, 1.807) is 6.26 Å². The fraction of sp³-hybridized carbons (Fsp3) is 0.533. The zero-order valence-corrected chi connectivity index (χ0v) is 12.0. The predicted octanol–water partition coefficient (Wildman–Crippen LogP) is 2.95. The van der Waals surface area contributed by atoms with Crippen molar-refractivity contribution in [1.82, 2.24) is 15.1 Å². The summed E-state index contributed by atoms with van der Waals surface area (Å²) in [7, 11) is 0. The molecule has 0 aliphatic rings. The van der Waals surface area contributed by atoms with Gasteiger partial charge in [-0.3, -0.25) is 4.68 Å². The van der Waals surface area contributed by atoms with Crippen molar-refractivity contribution in [2.45, 2.75) is 46.2 Å². The van der Waals surface area contributed by atoms with Crippen LogP contribution in [-0.4, -0.2) is 16.3 Å². The zero-order valence-electron chi connectivity index (χ0n) is 12.0. The molecule has 0 radical (unpaired) electrons. The van der Waals surface area contributed by atoms with Crippen LogP contribution in [0.25, 0.3) is 0 Å². The van der Waals surface area contributed by atoms with Crippen molar-refractivity contribution in [1.29, 1.82) is 0 Å². The Morgan fingerprint density at radius 1 is 1.37 bits per heavy atom. The van der Waals surface area contributed by atoms with Crippen LogP contribution >= 0.6 is 0 Å². The molecular formula is C15H23N3O. The third kappa shape index (κ3) is 3.47. The van der Waals surface area contributed by atoms with Gasteiger partial charge in [0.05, 0.1) is 24.5 Å². The van der Waals surface area contributed by atoms with Crippen molar-refractivity contribution in [3.63, 3.8) is 0 Å². The van der Waals surface area contributed by atoms with E-state index in [0.29, 0.717) is 0 Å². The Bertz CT molecular complexity index is 487. The molecule has 1 N–H and O–H groups in total. The summed E-state index contributed by atoms with van der Waals surface area (Å²) in [4.78, 5) is 0. The fourth-order valence-electron chi connectivity index (χ4n) is 2.19. The number of nitrogens with one attached hydrogen (secondary N) is 1. The van der Waals surface area contributed by atoms with E-state index in [2.05, 4.69) is 41.9 Å². The minimum Gasteiger partial charge on any atom is -0.468 e. The Hall–Kier alpha value is -1.55. The van der Waals surface area contributed by atoms with Crippen LogP contribution in [0.3, 0.4) is 0 Å². The van der Waals surface area contributed by atoms with Gasteiger partial charge in [-0.2, -0.15) is 5.10 Å². The third-order valence-electron chi connectivity index (χ3n) is 3.38. The Kier molecular flexibility index (Phi) is 4.80. The predicted molar refractivity (Wildman–Crippen MR) is 76.1 cm³/mol. The SMILES string of the molecule is CCc1cc(CC)n(CCNC(C)c2ccco2)n1. The second kappa shape index (κ2) is 6.57. The second-order valence-corrected chi connectivity index (χ2v) is 4.75. The molecule has 2 heterocycles. The van der Waals surface area contributed by atoms with Gasteiger partial charge in [-0.05, 0) is 38.0 Å². The molecule has 0 bridgehead atoms. The molecule has 0 saturated carbocycles. The van der Waals surface area contributed by atoms with E-state index >= 15 is 0 Å². The highest BCUT2D eigenvalue weighted by molar-refractivity contribution is 5.10. The van der Waals surface area contributed by atoms with E-state index < -0.39 is 0 Å². The molecule has 4 heteroatoms. The van der Waals surface area contributed by atoms with Crippen LogP contribution in [0.5, 0.6) is 0 Å². The Morgan fingerprint density at radius 2 is 2.21 bits per heavy atom. The van der Waals surface area contributed by atoms with Gasteiger partial charge in [-0.25, -0.2) is 0 Å². The van der Waals surface area contributed by atoms with Gasteiger partial charge >= 0.3 is 0 Å². The lowest BCUT2D eigenvalue weighted by Crippen LogP contribution is -2.24. The first-order valence-corrected chi connectivity index (χ1v) is 7.07. The number of aromatic nitrogens is 2. The van der Waals surface area contributed by atoms with Crippen molar-refractivity contribution in [2.75, 3.05) is 6.54 Å². The first-order valence-electron chi connectivity index (χ1n) is 7.07. The largest absolute Gasteiger partial charge is 0.468 e. The minimum absolute atomic E-state index is 0.237. The first kappa shape index (κ1) is 13.9. The molecule has 1 unspecified atom stereocenters. The van der Waals surface area contributed by atoms with Gasteiger partial charge in [0.15, 0.2) is 0 Å². The molecule has 0 fully saturated rings. The van der Waals surface area contributed by atoms with Crippen LogP contribution < -0.4 is 5.32 Å². The van der Waals surface area contributed by atoms with Crippen LogP contribution in [-0.2, 0) is 19.4 Å². The first-order chi connectivity index (χ1) is 9.24. The average molecular weight is 261 g/mol. The summed E-state index contributed by atoms with van der Waals surface area (Å²) in [5.74, 6) is 0.977. The van der Waals surface area contributed by atoms with Crippen molar-refractivity contribution < 1.29 is 4.42 Å². The molecule has 19 heavy (non-hydrogen) atoms. The summed E-state index contributed by atoms with van der Waals surface area (Å²) in [6.07, 6.45) is 3.74. The molecule has 0 saturated heterocycles. The molecule has 2 aromatic rings. The normalized spacial score (nSPS) is 12.8. The van der Waals surface area contributed by atoms with E-state index in [0.717, 1.165) is 31.7 Å². The Balaban J connectivity index is 1.87. The lowest BCUT2D eigenvalue weighted by atomic mass is 10.2. The van der Waals surface area contributed by atoms with Gasteiger partial charge in [0, 0.05) is 12.2 Å². The van der Waals surface area contributed by atoms with Crippen molar-refractivity contribution in [3.05, 3.63) is 41.6 Å². The van der Waals surface area contributed by atoms with E-state index in [4.69, 9.17) is 4.42 Å². The molecule has 2 rings (SSSR count). The lowest BCUT2D eigenvalue weighted by molar-refractivity contribution is 0.416. The van der Waals surface area contributed by atoms with E-state index in [-0.39, 0.29) is 6.04 Å². The highest BCUT2D eigenvalue weighted by Gasteiger charge is 2.08. The van der Waals surface area contributed by atoms with Crippen molar-refractivity contribution in [2.24, 2.45) is 0 Å². The van der Waals surface area contributed by atoms with Crippen LogP contribution in [0.4, 0.5) is 0 Å². The van der Waals surface area contributed by atoms with Gasteiger partial charge in [-0.15, -0.1) is 0 Å². The Labute approximate surface area is 114 Å². The average Bonchev–Trinajstić information content (AvgIpc) is 3.07. The maximum atomic E-state index is 5.38. The molecule has 104 valence electrons. The highest BCUT2D eigenvalue weighted by atomic mass is 16.3. The van der Waals surface area contributed by atoms with E-state index in [1.165, 1.54) is 11.4 Å². The second-order valence-electron chi connectivity index (χ2n) is 4.75. The smallest absolute Gasteiger partial charge is 0.120 e. The maximum absolute atomic E-state index is 5.38. The quantitative estimate of drug-likeness (QED) is 0.833. The highest BCUT2D eigenvalue weighted by Crippen LogP contribution is 2.12. The summed E-state index contributed by atoms with van der Waals surface area (Å²) in [5, 5.41) is 8.07. The number of hydrogen-bond donors (Lipinski definition) is 1. The third-order valence-corrected chi connectivity index (χ3v) is 3.38. The summed E-state index contributed by atoms with van der Waals surface area (Å²) in [5.41, 5.74) is 2.49. The number of furan rings is 1. The number of aryl methyl sites for hydroxylation is 2. The van der Waals surface area contributed by atoms with Crippen LogP contribution in [0.1, 0.15) is 44.0 Å². The van der Waals surface area contributed by atoms with Gasteiger partial charge in [0.2, 0.25) is 0 Å². The molecule has 1 atom stereocenters. The molecule has 4 nitrogen and oxygen atoms in total. The minimum atomic E-state index is 0.237. The van der Waals surface area contributed by atoms with Crippen LogP contribution in [0.2, 0.25) is 0 Å². The molecule has 2 aromatic heterocycles. The van der Waals surface area contributed by atoms with Gasteiger partial charge in [0.25, 0.3) is 0 Å². The topological polar surface area (TPSA) is 43.0 Å². The van der Waals surface area contributed by atoms with E-state index in [1.807, 2.05) is 12.1 Å². The van der Waals surface area contributed by atoms with Gasteiger partial charge in [0.1, 0.15) is 5.76 Å². The zero-order chi connectivity index (χ0) is 13.7. The standard InChI is InChI=1S/C15H23N3O/c1-4-13-11-14(5-2)18(17-13)9-8-16-12(3)15-7-6-10-19-15/h6-7,10-12,16H,4-5,8-9H2,1-3H3.